The summed E-state index contributed by atoms with van der Waals surface area (Å²) in [5, 5.41) is -0.110. The zero-order chi connectivity index (χ0) is 28.8. The number of halogens is 1. The second kappa shape index (κ2) is 13.1. The smallest absolute Gasteiger partial charge is 0.313 e. The molecule has 0 radical (unpaired) electrons. The van der Waals surface area contributed by atoms with Gasteiger partial charge in [-0.1, -0.05) is 56.5 Å². The number of aromatic nitrogens is 2. The quantitative estimate of drug-likeness (QED) is 0.317. The summed E-state index contributed by atoms with van der Waals surface area (Å²) in [6.07, 6.45) is 6.30. The van der Waals surface area contributed by atoms with Gasteiger partial charge < -0.3 is 9.64 Å². The fourth-order valence-electron chi connectivity index (χ4n) is 5.29. The molecule has 0 saturated heterocycles. The van der Waals surface area contributed by atoms with Crippen LogP contribution in [0.3, 0.4) is 0 Å². The molecule has 0 saturated carbocycles. The summed E-state index contributed by atoms with van der Waals surface area (Å²) in [5.41, 5.74) is 2.08. The predicted molar refractivity (Wildman–Crippen MR) is 162 cm³/mol. The molecule has 8 nitrogen and oxygen atoms in total. The van der Waals surface area contributed by atoms with Crippen LogP contribution in [-0.4, -0.2) is 44.6 Å². The number of fused-ring (bicyclic) bond motifs is 6. The van der Waals surface area contributed by atoms with Crippen molar-refractivity contribution >= 4 is 43.6 Å². The summed E-state index contributed by atoms with van der Waals surface area (Å²) in [6, 6.07) is 16.5. The van der Waals surface area contributed by atoms with Crippen LogP contribution in [0.4, 0.5) is 11.6 Å². The summed E-state index contributed by atoms with van der Waals surface area (Å²) in [7, 11) is -2.63. The van der Waals surface area contributed by atoms with E-state index in [-0.39, 0.29) is 16.8 Å². The van der Waals surface area contributed by atoms with Gasteiger partial charge in [-0.3, -0.25) is 9.52 Å². The highest BCUT2D eigenvalue weighted by atomic mass is 79.9. The number of sulfonamides is 1. The number of benzene rings is 1. The lowest BCUT2D eigenvalue weighted by Crippen LogP contribution is -2.43. The van der Waals surface area contributed by atoms with Gasteiger partial charge in [0, 0.05) is 23.1 Å². The first-order chi connectivity index (χ1) is 19.2. The average Bonchev–Trinajstić information content (AvgIpc) is 2.94. The second-order valence-electron chi connectivity index (χ2n) is 10.5. The molecule has 0 unspecified atom stereocenters. The maximum Gasteiger partial charge on any atom is 0.313 e. The van der Waals surface area contributed by atoms with E-state index in [9.17, 15) is 13.2 Å². The van der Waals surface area contributed by atoms with Crippen molar-refractivity contribution < 1.29 is 17.9 Å². The van der Waals surface area contributed by atoms with Crippen molar-refractivity contribution in [2.45, 2.75) is 63.8 Å². The van der Waals surface area contributed by atoms with E-state index in [1.165, 1.54) is 18.7 Å². The first kappa shape index (κ1) is 30.0. The fraction of sp³-hybridized carbons (Fsp3) is 0.433. The molecule has 1 atom stereocenters. The standard InChI is InChI=1S/C30H37BrN4O4S/c1-4-19-30(2,29(36)39-3)21-35-20-10-6-5-7-12-22-13-8-9-14-23(22)28-24(31)17-18-25(32-28)34-40(37,38)27-16-11-15-26(35)33-27/h8-9,11,13-18H,4-7,10,12,19-21H2,1-3H3,(H,32,34)/t30-/m0/s1. The van der Waals surface area contributed by atoms with Crippen molar-refractivity contribution in [2.75, 3.05) is 29.8 Å². The van der Waals surface area contributed by atoms with E-state index in [0.29, 0.717) is 31.0 Å². The molecule has 10 heteroatoms. The molecule has 1 N–H and O–H groups in total. The van der Waals surface area contributed by atoms with Gasteiger partial charge in [0.1, 0.15) is 11.6 Å². The number of ether oxygens (including phenoxy) is 1. The van der Waals surface area contributed by atoms with Crippen LogP contribution >= 0.6 is 15.9 Å². The average molecular weight is 630 g/mol. The van der Waals surface area contributed by atoms with Gasteiger partial charge in [-0.25, -0.2) is 9.97 Å². The van der Waals surface area contributed by atoms with E-state index >= 15 is 0 Å². The number of methoxy groups -OCH3 is 1. The lowest BCUT2D eigenvalue weighted by molar-refractivity contribution is -0.151. The fourth-order valence-corrected chi connectivity index (χ4v) is 6.69. The highest BCUT2D eigenvalue weighted by Gasteiger charge is 2.36. The molecule has 4 rings (SSSR count). The molecule has 1 aliphatic rings. The molecule has 0 aliphatic carbocycles. The monoisotopic (exact) mass is 628 g/mol. The van der Waals surface area contributed by atoms with Crippen LogP contribution in [0.2, 0.25) is 0 Å². The Morgan fingerprint density at radius 3 is 2.60 bits per heavy atom. The Morgan fingerprint density at radius 2 is 1.82 bits per heavy atom. The minimum absolute atomic E-state index is 0.110. The molecule has 2 aromatic heterocycles. The molecule has 1 aliphatic heterocycles. The maximum atomic E-state index is 13.5. The van der Waals surface area contributed by atoms with Gasteiger partial charge in [0.05, 0.1) is 18.2 Å². The molecule has 40 heavy (non-hydrogen) atoms. The second-order valence-corrected chi connectivity index (χ2v) is 13.0. The van der Waals surface area contributed by atoms with Gasteiger partial charge in [0.2, 0.25) is 0 Å². The van der Waals surface area contributed by atoms with E-state index in [4.69, 9.17) is 4.74 Å². The van der Waals surface area contributed by atoms with Gasteiger partial charge >= 0.3 is 5.97 Å². The van der Waals surface area contributed by atoms with Crippen LogP contribution in [0.1, 0.15) is 57.9 Å². The first-order valence-electron chi connectivity index (χ1n) is 13.7. The minimum atomic E-state index is -4.04. The maximum absolute atomic E-state index is 13.5. The number of aryl methyl sites for hydroxylation is 1. The zero-order valence-corrected chi connectivity index (χ0v) is 25.7. The predicted octanol–water partition coefficient (Wildman–Crippen LogP) is 6.61. The summed E-state index contributed by atoms with van der Waals surface area (Å²) in [6.45, 7) is 4.96. The number of esters is 1. The van der Waals surface area contributed by atoms with Gasteiger partial charge in [-0.15, -0.1) is 0 Å². The van der Waals surface area contributed by atoms with E-state index < -0.39 is 15.4 Å². The largest absolute Gasteiger partial charge is 0.469 e. The molecule has 0 fully saturated rings. The Labute approximate surface area is 245 Å². The van der Waals surface area contributed by atoms with Gasteiger partial charge in [-0.2, -0.15) is 8.42 Å². The van der Waals surface area contributed by atoms with Crippen molar-refractivity contribution in [3.05, 3.63) is 64.6 Å². The van der Waals surface area contributed by atoms with Crippen LogP contribution < -0.4 is 9.62 Å². The van der Waals surface area contributed by atoms with Crippen LogP contribution in [0.25, 0.3) is 11.3 Å². The number of nitrogens with zero attached hydrogens (tertiary/aromatic N) is 3. The summed E-state index contributed by atoms with van der Waals surface area (Å²) < 4.78 is 35.5. The van der Waals surface area contributed by atoms with Crippen molar-refractivity contribution in [1.82, 2.24) is 9.97 Å². The Balaban J connectivity index is 1.75. The van der Waals surface area contributed by atoms with E-state index in [1.54, 1.807) is 24.3 Å². The minimum Gasteiger partial charge on any atom is -0.469 e. The molecule has 3 aromatic rings. The molecule has 0 spiro atoms. The highest BCUT2D eigenvalue weighted by Crippen LogP contribution is 2.33. The SMILES string of the molecule is CCC[C@@](C)(CN1CCCCCCc2ccccc2-c2nc(ccc2Br)NS(=O)(=O)c2cccc1n2)C(=O)OC. The lowest BCUT2D eigenvalue weighted by Gasteiger charge is -2.34. The number of hydrogen-bond donors (Lipinski definition) is 1. The summed E-state index contributed by atoms with van der Waals surface area (Å²) in [4.78, 5) is 24.1. The number of carbonyl (C=O) groups is 1. The van der Waals surface area contributed by atoms with Crippen molar-refractivity contribution in [2.24, 2.45) is 5.41 Å². The first-order valence-corrected chi connectivity index (χ1v) is 16.0. The third kappa shape index (κ3) is 7.01. The van der Waals surface area contributed by atoms with E-state index in [2.05, 4.69) is 36.7 Å². The number of hydrogen-bond acceptors (Lipinski definition) is 7. The zero-order valence-electron chi connectivity index (χ0n) is 23.3. The summed E-state index contributed by atoms with van der Waals surface area (Å²) >= 11 is 3.60. The third-order valence-corrected chi connectivity index (χ3v) is 9.21. The topological polar surface area (TPSA) is 101 Å². The normalized spacial score (nSPS) is 17.1. The number of carbonyl (C=O) groups excluding carboxylic acids is 1. The molecule has 214 valence electrons. The Morgan fingerprint density at radius 1 is 1.05 bits per heavy atom. The van der Waals surface area contributed by atoms with E-state index in [1.807, 2.05) is 36.9 Å². The number of anilines is 2. The summed E-state index contributed by atoms with van der Waals surface area (Å²) in [5.74, 6) is 0.442. The van der Waals surface area contributed by atoms with Crippen LogP contribution in [0.15, 0.2) is 64.1 Å². The highest BCUT2D eigenvalue weighted by molar-refractivity contribution is 9.10. The molecule has 0 amide bonds. The molecule has 3 heterocycles. The third-order valence-electron chi connectivity index (χ3n) is 7.31. The van der Waals surface area contributed by atoms with Crippen molar-refractivity contribution in [3.8, 4) is 11.3 Å². The Kier molecular flexibility index (Phi) is 9.84. The number of rotatable bonds is 5. The van der Waals surface area contributed by atoms with Crippen LogP contribution in [0.5, 0.6) is 0 Å². The van der Waals surface area contributed by atoms with Crippen molar-refractivity contribution in [1.29, 1.82) is 0 Å². The van der Waals surface area contributed by atoms with Gasteiger partial charge in [0.25, 0.3) is 10.0 Å². The van der Waals surface area contributed by atoms with Crippen LogP contribution in [0, 0.1) is 5.41 Å². The van der Waals surface area contributed by atoms with E-state index in [0.717, 1.165) is 48.6 Å². The number of nitrogens with one attached hydrogen (secondary N) is 1. The Hall–Kier alpha value is -2.98. The lowest BCUT2D eigenvalue weighted by atomic mass is 9.85. The molecule has 1 aromatic carbocycles. The number of pyridine rings is 2. The molecule has 4 bridgehead atoms. The molecular weight excluding hydrogens is 592 g/mol. The van der Waals surface area contributed by atoms with Crippen molar-refractivity contribution in [3.63, 3.8) is 0 Å². The molecular formula is C30H37BrN4O4S. The van der Waals surface area contributed by atoms with Crippen LogP contribution in [-0.2, 0) is 26.0 Å². The Bertz CT molecular complexity index is 1450. The van der Waals surface area contributed by atoms with Gasteiger partial charge in [0.15, 0.2) is 5.03 Å². The van der Waals surface area contributed by atoms with Gasteiger partial charge in [-0.05, 0) is 78.4 Å².